The smallest absolute Gasteiger partial charge is 0.241 e. The van der Waals surface area contributed by atoms with Gasteiger partial charge >= 0.3 is 0 Å². The number of nitrogens with one attached hydrogen (secondary N) is 1. The summed E-state index contributed by atoms with van der Waals surface area (Å²) in [5.41, 5.74) is 2.24. The van der Waals surface area contributed by atoms with Crippen molar-refractivity contribution in [2.45, 2.75) is 20.3 Å². The van der Waals surface area contributed by atoms with Gasteiger partial charge < -0.3 is 15.1 Å². The van der Waals surface area contributed by atoms with Crippen molar-refractivity contribution in [1.29, 1.82) is 0 Å². The molecule has 0 aromatic heterocycles. The number of aryl methyl sites for hydroxylation is 1. The van der Waals surface area contributed by atoms with E-state index in [-0.39, 0.29) is 11.8 Å². The number of piperazine rings is 1. The van der Waals surface area contributed by atoms with E-state index in [1.807, 2.05) is 23.1 Å². The summed E-state index contributed by atoms with van der Waals surface area (Å²) in [6.07, 6.45) is 0.939. The van der Waals surface area contributed by atoms with Gasteiger partial charge in [0.05, 0.1) is 6.54 Å². The minimum absolute atomic E-state index is 0.0806. The molecule has 1 aromatic carbocycles. The summed E-state index contributed by atoms with van der Waals surface area (Å²) in [5.74, 6) is 0.168. The number of anilines is 1. The minimum atomic E-state index is 0.0806. The molecule has 2 rings (SSSR count). The van der Waals surface area contributed by atoms with Crippen LogP contribution >= 0.6 is 0 Å². The number of nitrogens with zero attached hydrogens (tertiary/aromatic N) is 2. The van der Waals surface area contributed by atoms with Gasteiger partial charge in [-0.05, 0) is 18.1 Å². The summed E-state index contributed by atoms with van der Waals surface area (Å²) in [6, 6.07) is 8.04. The maximum atomic E-state index is 12.2. The molecule has 1 saturated heterocycles. The van der Waals surface area contributed by atoms with Crippen LogP contribution < -0.4 is 5.32 Å². The molecular formula is C16H23N3O2. The van der Waals surface area contributed by atoms with Crippen LogP contribution in [0.5, 0.6) is 0 Å². The van der Waals surface area contributed by atoms with Crippen molar-refractivity contribution in [3.63, 3.8) is 0 Å². The van der Waals surface area contributed by atoms with Crippen LogP contribution in [-0.4, -0.2) is 54.3 Å². The van der Waals surface area contributed by atoms with E-state index in [4.69, 9.17) is 0 Å². The highest BCUT2D eigenvalue weighted by Crippen LogP contribution is 2.15. The number of carbonyl (C=O) groups is 2. The van der Waals surface area contributed by atoms with E-state index >= 15 is 0 Å². The first-order chi connectivity index (χ1) is 10.1. The molecule has 5 heteroatoms. The molecule has 21 heavy (non-hydrogen) atoms. The number of benzene rings is 1. The lowest BCUT2D eigenvalue weighted by molar-refractivity contribution is -0.137. The third-order valence-electron chi connectivity index (χ3n) is 3.91. The standard InChI is InChI=1S/C16H23N3O2/c1-3-14-6-4-5-7-15(14)17-12-16(21)19-10-8-18(9-11-19)13(2)20/h4-7,17H,3,8-12H2,1-2H3. The fraction of sp³-hybridized carbons (Fsp3) is 0.500. The SMILES string of the molecule is CCc1ccccc1NCC(=O)N1CCN(C(C)=O)CC1. The van der Waals surface area contributed by atoms with Crippen LogP contribution in [0.2, 0.25) is 0 Å². The first-order valence-electron chi connectivity index (χ1n) is 7.47. The average molecular weight is 289 g/mol. The summed E-state index contributed by atoms with van der Waals surface area (Å²) in [4.78, 5) is 27.1. The van der Waals surface area contributed by atoms with Gasteiger partial charge in [-0.3, -0.25) is 9.59 Å². The topological polar surface area (TPSA) is 52.7 Å². The zero-order chi connectivity index (χ0) is 15.2. The molecule has 1 N–H and O–H groups in total. The Balaban J connectivity index is 1.84. The molecule has 0 atom stereocenters. The second-order valence-electron chi connectivity index (χ2n) is 5.25. The van der Waals surface area contributed by atoms with Crippen LogP contribution in [-0.2, 0) is 16.0 Å². The van der Waals surface area contributed by atoms with E-state index in [1.165, 1.54) is 5.56 Å². The van der Waals surface area contributed by atoms with Crippen molar-refractivity contribution in [3.05, 3.63) is 29.8 Å². The number of hydrogen-bond donors (Lipinski definition) is 1. The normalized spacial score (nSPS) is 15.0. The maximum absolute atomic E-state index is 12.2. The van der Waals surface area contributed by atoms with Crippen LogP contribution in [0.3, 0.4) is 0 Å². The lowest BCUT2D eigenvalue weighted by atomic mass is 10.1. The van der Waals surface area contributed by atoms with Crippen molar-refractivity contribution >= 4 is 17.5 Å². The lowest BCUT2D eigenvalue weighted by Crippen LogP contribution is -2.51. The lowest BCUT2D eigenvalue weighted by Gasteiger charge is -2.34. The second kappa shape index (κ2) is 7.11. The van der Waals surface area contributed by atoms with Gasteiger partial charge in [0.1, 0.15) is 0 Å². The number of para-hydroxylation sites is 1. The van der Waals surface area contributed by atoms with Crippen molar-refractivity contribution in [2.75, 3.05) is 38.0 Å². The molecule has 0 aliphatic carbocycles. The van der Waals surface area contributed by atoms with Gasteiger partial charge in [-0.25, -0.2) is 0 Å². The molecule has 1 aliphatic heterocycles. The Bertz CT molecular complexity index is 508. The summed E-state index contributed by atoms with van der Waals surface area (Å²) < 4.78 is 0. The Morgan fingerprint density at radius 1 is 1.10 bits per heavy atom. The molecule has 1 aromatic rings. The highest BCUT2D eigenvalue weighted by Gasteiger charge is 2.21. The van der Waals surface area contributed by atoms with Gasteiger partial charge in [-0.15, -0.1) is 0 Å². The van der Waals surface area contributed by atoms with Crippen molar-refractivity contribution in [2.24, 2.45) is 0 Å². The molecule has 0 unspecified atom stereocenters. The fourth-order valence-corrected chi connectivity index (χ4v) is 2.55. The quantitative estimate of drug-likeness (QED) is 0.910. The molecule has 0 radical (unpaired) electrons. The predicted molar refractivity (Wildman–Crippen MR) is 83.1 cm³/mol. The third-order valence-corrected chi connectivity index (χ3v) is 3.91. The van der Waals surface area contributed by atoms with E-state index in [0.29, 0.717) is 32.7 Å². The van der Waals surface area contributed by atoms with E-state index < -0.39 is 0 Å². The summed E-state index contributed by atoms with van der Waals surface area (Å²) in [6.45, 7) is 6.48. The Labute approximate surface area is 125 Å². The van der Waals surface area contributed by atoms with Crippen molar-refractivity contribution in [3.8, 4) is 0 Å². The van der Waals surface area contributed by atoms with E-state index in [1.54, 1.807) is 11.8 Å². The number of rotatable bonds is 4. The molecular weight excluding hydrogens is 266 g/mol. The van der Waals surface area contributed by atoms with Crippen LogP contribution in [0.15, 0.2) is 24.3 Å². The number of carbonyl (C=O) groups excluding carboxylic acids is 2. The van der Waals surface area contributed by atoms with Crippen LogP contribution in [0, 0.1) is 0 Å². The van der Waals surface area contributed by atoms with Gasteiger partial charge in [0.25, 0.3) is 0 Å². The average Bonchev–Trinajstić information content (AvgIpc) is 2.52. The van der Waals surface area contributed by atoms with E-state index in [0.717, 1.165) is 12.1 Å². The highest BCUT2D eigenvalue weighted by atomic mass is 16.2. The minimum Gasteiger partial charge on any atom is -0.376 e. The first kappa shape index (κ1) is 15.4. The van der Waals surface area contributed by atoms with Crippen LogP contribution in [0.1, 0.15) is 19.4 Å². The Kier molecular flexibility index (Phi) is 5.20. The zero-order valence-electron chi connectivity index (χ0n) is 12.8. The molecule has 5 nitrogen and oxygen atoms in total. The van der Waals surface area contributed by atoms with Crippen LogP contribution in [0.25, 0.3) is 0 Å². The first-order valence-corrected chi connectivity index (χ1v) is 7.47. The van der Waals surface area contributed by atoms with Gasteiger partial charge in [0.15, 0.2) is 0 Å². The van der Waals surface area contributed by atoms with E-state index in [9.17, 15) is 9.59 Å². The van der Waals surface area contributed by atoms with Gasteiger partial charge in [0.2, 0.25) is 11.8 Å². The number of amides is 2. The molecule has 0 saturated carbocycles. The maximum Gasteiger partial charge on any atom is 0.241 e. The summed E-state index contributed by atoms with van der Waals surface area (Å²) in [7, 11) is 0. The van der Waals surface area contributed by atoms with Gasteiger partial charge in [0, 0.05) is 38.8 Å². The molecule has 114 valence electrons. The van der Waals surface area contributed by atoms with E-state index in [2.05, 4.69) is 18.3 Å². The largest absolute Gasteiger partial charge is 0.376 e. The molecule has 0 bridgehead atoms. The molecule has 1 aliphatic rings. The van der Waals surface area contributed by atoms with Gasteiger partial charge in [-0.2, -0.15) is 0 Å². The highest BCUT2D eigenvalue weighted by molar-refractivity contribution is 5.81. The number of hydrogen-bond acceptors (Lipinski definition) is 3. The van der Waals surface area contributed by atoms with Crippen molar-refractivity contribution in [1.82, 2.24) is 9.80 Å². The predicted octanol–water partition coefficient (Wildman–Crippen LogP) is 1.35. The zero-order valence-corrected chi connectivity index (χ0v) is 12.8. The van der Waals surface area contributed by atoms with Crippen LogP contribution in [0.4, 0.5) is 5.69 Å². The Hall–Kier alpha value is -2.04. The third kappa shape index (κ3) is 3.97. The molecule has 2 amide bonds. The monoisotopic (exact) mass is 289 g/mol. The molecule has 1 heterocycles. The molecule has 1 fully saturated rings. The summed E-state index contributed by atoms with van der Waals surface area (Å²) in [5, 5.41) is 3.22. The van der Waals surface area contributed by atoms with Crippen molar-refractivity contribution < 1.29 is 9.59 Å². The Morgan fingerprint density at radius 3 is 2.33 bits per heavy atom. The second-order valence-corrected chi connectivity index (χ2v) is 5.25. The molecule has 0 spiro atoms. The fourth-order valence-electron chi connectivity index (χ4n) is 2.55. The summed E-state index contributed by atoms with van der Waals surface area (Å²) >= 11 is 0. The Morgan fingerprint density at radius 2 is 1.71 bits per heavy atom. The van der Waals surface area contributed by atoms with Gasteiger partial charge in [-0.1, -0.05) is 25.1 Å².